The summed E-state index contributed by atoms with van der Waals surface area (Å²) in [6.07, 6.45) is 4.62. The van der Waals surface area contributed by atoms with Gasteiger partial charge in [-0.3, -0.25) is 0 Å². The molecule has 0 saturated carbocycles. The first-order chi connectivity index (χ1) is 7.75. The fourth-order valence-corrected chi connectivity index (χ4v) is 3.01. The van der Waals surface area contributed by atoms with Crippen LogP contribution in [-0.2, 0) is 0 Å². The lowest BCUT2D eigenvalue weighted by molar-refractivity contribution is 0.289. The Labute approximate surface area is 102 Å². The lowest BCUT2D eigenvalue weighted by Crippen LogP contribution is -2.39. The smallest absolute Gasteiger partial charge is 0.109 e. The zero-order valence-electron chi connectivity index (χ0n) is 10.1. The molecule has 2 atom stereocenters. The molecule has 4 heteroatoms. The summed E-state index contributed by atoms with van der Waals surface area (Å²) in [5.74, 6) is 0. The number of rotatable bonds is 5. The van der Waals surface area contributed by atoms with Crippen LogP contribution in [-0.4, -0.2) is 35.6 Å². The first-order valence-electron chi connectivity index (χ1n) is 6.13. The Morgan fingerprint density at radius 3 is 2.81 bits per heavy atom. The van der Waals surface area contributed by atoms with Crippen molar-refractivity contribution in [1.29, 1.82) is 0 Å². The van der Waals surface area contributed by atoms with Crippen LogP contribution in [0, 0.1) is 0 Å². The summed E-state index contributed by atoms with van der Waals surface area (Å²) in [7, 11) is 0. The number of thiazole rings is 1. The molecule has 1 aromatic heterocycles. The van der Waals surface area contributed by atoms with E-state index >= 15 is 0 Å². The highest BCUT2D eigenvalue weighted by Crippen LogP contribution is 2.16. The Hall–Kier alpha value is -0.450. The number of hydrogen-bond acceptors (Lipinski definition) is 4. The second-order valence-electron chi connectivity index (χ2n) is 4.67. The minimum absolute atomic E-state index is 0.373. The van der Waals surface area contributed by atoms with Gasteiger partial charge in [0, 0.05) is 24.2 Å². The summed E-state index contributed by atoms with van der Waals surface area (Å²) < 4.78 is 0. The first-order valence-corrected chi connectivity index (χ1v) is 7.01. The highest BCUT2D eigenvalue weighted by Gasteiger charge is 2.16. The van der Waals surface area contributed by atoms with Crippen LogP contribution in [0.4, 0.5) is 0 Å². The number of aromatic nitrogens is 1. The third-order valence-corrected chi connectivity index (χ3v) is 4.05. The van der Waals surface area contributed by atoms with Crippen molar-refractivity contribution in [1.82, 2.24) is 15.2 Å². The second-order valence-corrected chi connectivity index (χ2v) is 5.59. The van der Waals surface area contributed by atoms with E-state index in [2.05, 4.69) is 29.0 Å². The Morgan fingerprint density at radius 1 is 1.44 bits per heavy atom. The minimum atomic E-state index is 0.373. The van der Waals surface area contributed by atoms with Crippen LogP contribution in [0.25, 0.3) is 0 Å². The molecular weight excluding hydrogens is 218 g/mol. The molecule has 0 aromatic carbocycles. The lowest BCUT2D eigenvalue weighted by Gasteiger charge is -2.23. The lowest BCUT2D eigenvalue weighted by atomic mass is 10.2. The fourth-order valence-electron chi connectivity index (χ4n) is 2.35. The van der Waals surface area contributed by atoms with E-state index in [1.165, 1.54) is 30.9 Å². The van der Waals surface area contributed by atoms with Gasteiger partial charge in [-0.2, -0.15) is 0 Å². The van der Waals surface area contributed by atoms with Crippen molar-refractivity contribution in [3.63, 3.8) is 0 Å². The van der Waals surface area contributed by atoms with E-state index in [9.17, 15) is 0 Å². The van der Waals surface area contributed by atoms with Crippen molar-refractivity contribution < 1.29 is 0 Å². The average Bonchev–Trinajstić information content (AvgIpc) is 2.88. The average molecular weight is 239 g/mol. The molecule has 1 N–H and O–H groups in total. The summed E-state index contributed by atoms with van der Waals surface area (Å²) in [4.78, 5) is 6.89. The molecule has 1 fully saturated rings. The molecule has 0 spiro atoms. The van der Waals surface area contributed by atoms with Gasteiger partial charge in [0.15, 0.2) is 0 Å². The third kappa shape index (κ3) is 3.27. The molecule has 1 aliphatic heterocycles. The normalized spacial score (nSPS) is 21.1. The Balaban J connectivity index is 1.75. The maximum atomic E-state index is 4.34. The third-order valence-electron chi connectivity index (χ3n) is 3.09. The van der Waals surface area contributed by atoms with Crippen LogP contribution >= 0.6 is 11.3 Å². The van der Waals surface area contributed by atoms with E-state index < -0.39 is 0 Å². The molecule has 1 saturated heterocycles. The van der Waals surface area contributed by atoms with Gasteiger partial charge < -0.3 is 10.2 Å². The van der Waals surface area contributed by atoms with Crippen LogP contribution in [0.2, 0.25) is 0 Å². The molecule has 3 nitrogen and oxygen atoms in total. The quantitative estimate of drug-likeness (QED) is 0.854. The van der Waals surface area contributed by atoms with Gasteiger partial charge in [0.1, 0.15) is 5.01 Å². The van der Waals surface area contributed by atoms with Gasteiger partial charge in [-0.25, -0.2) is 4.98 Å². The number of nitrogens with one attached hydrogen (secondary N) is 1. The van der Waals surface area contributed by atoms with Gasteiger partial charge in [0.25, 0.3) is 0 Å². The summed E-state index contributed by atoms with van der Waals surface area (Å²) >= 11 is 1.73. The van der Waals surface area contributed by atoms with Crippen LogP contribution in [0.15, 0.2) is 11.6 Å². The van der Waals surface area contributed by atoms with Crippen LogP contribution < -0.4 is 5.32 Å². The Kier molecular flexibility index (Phi) is 4.32. The zero-order valence-corrected chi connectivity index (χ0v) is 11.0. The van der Waals surface area contributed by atoms with E-state index in [0.29, 0.717) is 12.1 Å². The van der Waals surface area contributed by atoms with Gasteiger partial charge in [0.2, 0.25) is 0 Å². The summed E-state index contributed by atoms with van der Waals surface area (Å²) in [6, 6.07) is 0.912. The molecule has 16 heavy (non-hydrogen) atoms. The van der Waals surface area contributed by atoms with Crippen molar-refractivity contribution in [3.05, 3.63) is 16.6 Å². The second kappa shape index (κ2) is 5.75. The fraction of sp³-hybridized carbons (Fsp3) is 0.750. The van der Waals surface area contributed by atoms with E-state index in [4.69, 9.17) is 0 Å². The largest absolute Gasteiger partial charge is 0.304 e. The molecular formula is C12H21N3S. The predicted octanol–water partition coefficient (Wildman–Crippen LogP) is 2.28. The Morgan fingerprint density at radius 2 is 2.19 bits per heavy atom. The van der Waals surface area contributed by atoms with Crippen molar-refractivity contribution in [2.75, 3.05) is 19.6 Å². The molecule has 2 heterocycles. The molecule has 2 rings (SSSR count). The molecule has 1 aliphatic rings. The SMILES string of the molecule is CC(CN1CCCC1)NC(C)c1nccs1. The topological polar surface area (TPSA) is 28.2 Å². The molecule has 0 aliphatic carbocycles. The summed E-state index contributed by atoms with van der Waals surface area (Å²) in [5.41, 5.74) is 0. The van der Waals surface area contributed by atoms with E-state index in [1.807, 2.05) is 11.6 Å². The summed E-state index contributed by atoms with van der Waals surface area (Å²) in [6.45, 7) is 8.17. The van der Waals surface area contributed by atoms with E-state index in [0.717, 1.165) is 6.54 Å². The molecule has 0 amide bonds. The van der Waals surface area contributed by atoms with Gasteiger partial charge in [-0.05, 0) is 39.8 Å². The van der Waals surface area contributed by atoms with Gasteiger partial charge in [0.05, 0.1) is 6.04 Å². The van der Waals surface area contributed by atoms with Gasteiger partial charge in [-0.15, -0.1) is 11.3 Å². The minimum Gasteiger partial charge on any atom is -0.304 e. The van der Waals surface area contributed by atoms with Gasteiger partial charge >= 0.3 is 0 Å². The van der Waals surface area contributed by atoms with E-state index in [-0.39, 0.29) is 0 Å². The molecule has 0 radical (unpaired) electrons. The maximum absolute atomic E-state index is 4.34. The van der Waals surface area contributed by atoms with Crippen LogP contribution in [0.5, 0.6) is 0 Å². The van der Waals surface area contributed by atoms with Crippen molar-refractivity contribution in [2.24, 2.45) is 0 Å². The van der Waals surface area contributed by atoms with Crippen molar-refractivity contribution >= 4 is 11.3 Å². The van der Waals surface area contributed by atoms with E-state index in [1.54, 1.807) is 11.3 Å². The molecule has 2 unspecified atom stereocenters. The number of likely N-dealkylation sites (tertiary alicyclic amines) is 1. The zero-order chi connectivity index (χ0) is 11.4. The van der Waals surface area contributed by atoms with Crippen LogP contribution in [0.1, 0.15) is 37.7 Å². The van der Waals surface area contributed by atoms with Crippen LogP contribution in [0.3, 0.4) is 0 Å². The standard InChI is InChI=1S/C12H21N3S/c1-10(9-15-6-3-4-7-15)14-11(2)12-13-5-8-16-12/h5,8,10-11,14H,3-4,6-7,9H2,1-2H3. The predicted molar refractivity (Wildman–Crippen MR) is 68.8 cm³/mol. The Bertz CT molecular complexity index is 293. The monoisotopic (exact) mass is 239 g/mol. The highest BCUT2D eigenvalue weighted by atomic mass is 32.1. The maximum Gasteiger partial charge on any atom is 0.109 e. The summed E-state index contributed by atoms with van der Waals surface area (Å²) in [5, 5.41) is 6.84. The highest BCUT2D eigenvalue weighted by molar-refractivity contribution is 7.09. The number of hydrogen-bond donors (Lipinski definition) is 1. The molecule has 0 bridgehead atoms. The van der Waals surface area contributed by atoms with Gasteiger partial charge in [-0.1, -0.05) is 0 Å². The van der Waals surface area contributed by atoms with Crippen molar-refractivity contribution in [3.8, 4) is 0 Å². The number of nitrogens with zero attached hydrogens (tertiary/aromatic N) is 2. The van der Waals surface area contributed by atoms with Crippen molar-refractivity contribution in [2.45, 2.75) is 38.8 Å². The molecule has 1 aromatic rings. The first kappa shape index (κ1) is 12.0. The molecule has 90 valence electrons.